The number of thiol groups is 1. The fourth-order valence-electron chi connectivity index (χ4n) is 2.37. The van der Waals surface area contributed by atoms with E-state index in [1.165, 1.54) is 0 Å². The number of hydrogen-bond donors (Lipinski definition) is 8. The second-order valence-electron chi connectivity index (χ2n) is 7.34. The second kappa shape index (κ2) is 14.2. The first-order valence-electron chi connectivity index (χ1n) is 9.74. The van der Waals surface area contributed by atoms with Crippen molar-refractivity contribution in [1.82, 2.24) is 16.0 Å². The Bertz CT molecular complexity index is 717. The topological polar surface area (TPSA) is 225 Å². The predicted molar refractivity (Wildman–Crippen MR) is 114 cm³/mol. The van der Waals surface area contributed by atoms with Gasteiger partial charge in [0.2, 0.25) is 17.7 Å². The molecule has 0 heterocycles. The molecule has 0 aliphatic rings. The summed E-state index contributed by atoms with van der Waals surface area (Å²) in [7, 11) is 0. The zero-order valence-corrected chi connectivity index (χ0v) is 18.6. The van der Waals surface area contributed by atoms with E-state index in [0.717, 1.165) is 0 Å². The van der Waals surface area contributed by atoms with E-state index in [1.807, 2.05) is 0 Å². The van der Waals surface area contributed by atoms with Gasteiger partial charge in [-0.2, -0.15) is 12.6 Å². The van der Waals surface area contributed by atoms with Gasteiger partial charge in [-0.25, -0.2) is 4.79 Å². The maximum absolute atomic E-state index is 12.7. The van der Waals surface area contributed by atoms with Gasteiger partial charge in [0, 0.05) is 18.6 Å². The van der Waals surface area contributed by atoms with Crippen LogP contribution in [0.2, 0.25) is 0 Å². The van der Waals surface area contributed by atoms with Gasteiger partial charge in [0.05, 0.1) is 6.04 Å². The van der Waals surface area contributed by atoms with Crippen LogP contribution < -0.4 is 21.7 Å². The first-order chi connectivity index (χ1) is 14.8. The first kappa shape index (κ1) is 29.1. The molecule has 0 radical (unpaired) electrons. The Hall–Kier alpha value is -2.87. The highest BCUT2D eigenvalue weighted by atomic mass is 32.1. The minimum Gasteiger partial charge on any atom is -0.481 e. The number of aliphatic carboxylic acids is 3. The van der Waals surface area contributed by atoms with E-state index in [2.05, 4.69) is 28.6 Å². The number of carboxylic acids is 3. The molecule has 32 heavy (non-hydrogen) atoms. The minimum atomic E-state index is -1.46. The summed E-state index contributed by atoms with van der Waals surface area (Å²) in [6.07, 6.45) is -1.71. The molecule has 182 valence electrons. The summed E-state index contributed by atoms with van der Waals surface area (Å²) in [6.45, 7) is 3.34. The number of hydrogen-bond acceptors (Lipinski definition) is 8. The average molecular weight is 479 g/mol. The van der Waals surface area contributed by atoms with Crippen molar-refractivity contribution in [3.05, 3.63) is 0 Å². The van der Waals surface area contributed by atoms with Gasteiger partial charge in [-0.3, -0.25) is 24.0 Å². The van der Waals surface area contributed by atoms with Gasteiger partial charge < -0.3 is 37.0 Å². The van der Waals surface area contributed by atoms with E-state index in [1.54, 1.807) is 13.8 Å². The Morgan fingerprint density at radius 1 is 0.750 bits per heavy atom. The van der Waals surface area contributed by atoms with Crippen molar-refractivity contribution in [3.63, 3.8) is 0 Å². The van der Waals surface area contributed by atoms with E-state index in [9.17, 15) is 28.8 Å². The number of carbonyl (C=O) groups excluding carboxylic acids is 3. The highest BCUT2D eigenvalue weighted by Crippen LogP contribution is 2.06. The number of rotatable bonds is 15. The lowest BCUT2D eigenvalue weighted by atomic mass is 10.0. The molecule has 0 saturated carbocycles. The fourth-order valence-corrected chi connectivity index (χ4v) is 2.62. The zero-order valence-electron chi connectivity index (χ0n) is 17.7. The predicted octanol–water partition coefficient (Wildman–Crippen LogP) is -1.83. The molecule has 14 heteroatoms. The third-order valence-corrected chi connectivity index (χ3v) is 4.74. The third-order valence-electron chi connectivity index (χ3n) is 4.38. The van der Waals surface area contributed by atoms with Crippen LogP contribution in [0.3, 0.4) is 0 Å². The third kappa shape index (κ3) is 10.9. The highest BCUT2D eigenvalue weighted by molar-refractivity contribution is 7.80. The maximum atomic E-state index is 12.7. The van der Waals surface area contributed by atoms with Crippen molar-refractivity contribution in [3.8, 4) is 0 Å². The van der Waals surface area contributed by atoms with Crippen LogP contribution in [0.15, 0.2) is 0 Å². The smallest absolute Gasteiger partial charge is 0.327 e. The van der Waals surface area contributed by atoms with Gasteiger partial charge in [0.15, 0.2) is 0 Å². The lowest BCUT2D eigenvalue weighted by Gasteiger charge is -2.25. The average Bonchev–Trinajstić information content (AvgIpc) is 2.70. The molecule has 0 aromatic carbocycles. The van der Waals surface area contributed by atoms with Gasteiger partial charge in [0.1, 0.15) is 18.1 Å². The van der Waals surface area contributed by atoms with Crippen molar-refractivity contribution in [2.45, 2.75) is 63.7 Å². The summed E-state index contributed by atoms with van der Waals surface area (Å²) in [5.74, 6) is -7.04. The molecule has 0 aliphatic heterocycles. The Labute approximate surface area is 189 Å². The van der Waals surface area contributed by atoms with Crippen LogP contribution >= 0.6 is 12.6 Å². The second-order valence-corrected chi connectivity index (χ2v) is 7.70. The molecule has 4 atom stereocenters. The Balaban J connectivity index is 5.55. The first-order valence-corrected chi connectivity index (χ1v) is 10.4. The molecule has 0 aromatic rings. The van der Waals surface area contributed by atoms with Crippen molar-refractivity contribution >= 4 is 48.3 Å². The van der Waals surface area contributed by atoms with E-state index >= 15 is 0 Å². The summed E-state index contributed by atoms with van der Waals surface area (Å²) in [5, 5.41) is 33.6. The maximum Gasteiger partial charge on any atom is 0.327 e. The standard InChI is InChI=1S/C18H30N4O9S/c1-8(2)14(19)17(29)21-10(4-6-13(25)26)15(27)20-9(3-5-12(23)24)16(28)22-11(7-32)18(30)31/h8-11,14,32H,3-7,19H2,1-2H3,(H,20,27)(H,21,29)(H,22,28)(H,23,24)(H,25,26)(H,30,31). The van der Waals surface area contributed by atoms with Gasteiger partial charge >= 0.3 is 17.9 Å². The van der Waals surface area contributed by atoms with Crippen LogP contribution in [-0.2, 0) is 28.8 Å². The number of carboxylic acid groups (broad SMARTS) is 3. The van der Waals surface area contributed by atoms with Crippen molar-refractivity contribution in [2.75, 3.05) is 5.75 Å². The van der Waals surface area contributed by atoms with E-state index < -0.39 is 72.6 Å². The van der Waals surface area contributed by atoms with Crippen molar-refractivity contribution < 1.29 is 44.1 Å². The number of nitrogens with one attached hydrogen (secondary N) is 3. The fraction of sp³-hybridized carbons (Fsp3) is 0.667. The molecule has 3 amide bonds. The normalized spacial score (nSPS) is 14.5. The molecule has 0 aliphatic carbocycles. The molecule has 8 N–H and O–H groups in total. The van der Waals surface area contributed by atoms with Crippen molar-refractivity contribution in [1.29, 1.82) is 0 Å². The Morgan fingerprint density at radius 3 is 1.44 bits per heavy atom. The molecule has 13 nitrogen and oxygen atoms in total. The summed E-state index contributed by atoms with van der Waals surface area (Å²) >= 11 is 3.81. The van der Waals surface area contributed by atoms with Gasteiger partial charge in [-0.15, -0.1) is 0 Å². The number of nitrogens with two attached hydrogens (primary N) is 1. The molecular weight excluding hydrogens is 448 g/mol. The van der Waals surface area contributed by atoms with Crippen LogP contribution in [0.1, 0.15) is 39.5 Å². The molecular formula is C18H30N4O9S. The Kier molecular flexibility index (Phi) is 13.0. The van der Waals surface area contributed by atoms with Crippen LogP contribution in [0, 0.1) is 5.92 Å². The Morgan fingerprint density at radius 2 is 1.12 bits per heavy atom. The lowest BCUT2D eigenvalue weighted by molar-refractivity contribution is -0.142. The summed E-state index contributed by atoms with van der Waals surface area (Å²) in [4.78, 5) is 70.4. The monoisotopic (exact) mass is 478 g/mol. The number of carbonyl (C=O) groups is 6. The highest BCUT2D eigenvalue weighted by Gasteiger charge is 2.31. The summed E-state index contributed by atoms with van der Waals surface area (Å²) in [5.41, 5.74) is 5.74. The molecule has 0 aromatic heterocycles. The summed E-state index contributed by atoms with van der Waals surface area (Å²) in [6, 6.07) is -5.19. The van der Waals surface area contributed by atoms with E-state index in [0.29, 0.717) is 0 Å². The van der Waals surface area contributed by atoms with Gasteiger partial charge in [-0.05, 0) is 18.8 Å². The SMILES string of the molecule is CC(C)C(N)C(=O)NC(CCC(=O)O)C(=O)NC(CCC(=O)O)C(=O)NC(CS)C(=O)O. The quantitative estimate of drug-likeness (QED) is 0.123. The van der Waals surface area contributed by atoms with Crippen LogP contribution in [0.4, 0.5) is 0 Å². The van der Waals surface area contributed by atoms with E-state index in [-0.39, 0.29) is 24.5 Å². The van der Waals surface area contributed by atoms with Crippen LogP contribution in [0.25, 0.3) is 0 Å². The largest absolute Gasteiger partial charge is 0.481 e. The molecule has 0 fully saturated rings. The molecule has 4 unspecified atom stereocenters. The molecule has 0 bridgehead atoms. The van der Waals surface area contributed by atoms with Crippen LogP contribution in [-0.4, -0.2) is 80.9 Å². The van der Waals surface area contributed by atoms with E-state index in [4.69, 9.17) is 21.1 Å². The molecule has 0 rings (SSSR count). The summed E-state index contributed by atoms with van der Waals surface area (Å²) < 4.78 is 0. The molecule has 0 spiro atoms. The van der Waals surface area contributed by atoms with Crippen LogP contribution in [0.5, 0.6) is 0 Å². The minimum absolute atomic E-state index is 0.259. The van der Waals surface area contributed by atoms with Gasteiger partial charge in [0.25, 0.3) is 0 Å². The zero-order chi connectivity index (χ0) is 25.0. The lowest BCUT2D eigenvalue weighted by Crippen LogP contribution is -2.57. The van der Waals surface area contributed by atoms with Gasteiger partial charge in [-0.1, -0.05) is 13.8 Å². The van der Waals surface area contributed by atoms with Crippen molar-refractivity contribution in [2.24, 2.45) is 11.7 Å². The molecule has 0 saturated heterocycles. The number of amides is 3.